The first kappa shape index (κ1) is 13.9. The van der Waals surface area contributed by atoms with Crippen molar-refractivity contribution in [2.45, 2.75) is 0 Å². The molecule has 0 unspecified atom stereocenters. The fourth-order valence-corrected chi connectivity index (χ4v) is 1.21. The highest BCUT2D eigenvalue weighted by atomic mass is 16.6. The fourth-order valence-electron chi connectivity index (χ4n) is 1.21. The minimum absolute atomic E-state index is 0.0778. The summed E-state index contributed by atoms with van der Waals surface area (Å²) in [5.74, 6) is -0.470. The Balaban J connectivity index is 3.06. The van der Waals surface area contributed by atoms with Crippen molar-refractivity contribution >= 4 is 28.6 Å². The largest absolute Gasteiger partial charge is 0.386 e. The molecule has 0 atom stereocenters. The Morgan fingerprint density at radius 2 is 2.26 bits per heavy atom. The second-order valence-electron chi connectivity index (χ2n) is 3.33. The van der Waals surface area contributed by atoms with Crippen molar-refractivity contribution in [2.24, 2.45) is 10.8 Å². The number of hydrogen-bond acceptors (Lipinski definition) is 7. The average Bonchev–Trinajstić information content (AvgIpc) is 2.38. The molecule has 9 heteroatoms. The summed E-state index contributed by atoms with van der Waals surface area (Å²) in [6, 6.07) is 5.69. The number of amidine groups is 1. The molecule has 0 fully saturated rings. The highest BCUT2D eigenvalue weighted by Crippen LogP contribution is 2.26. The quantitative estimate of drug-likeness (QED) is 0.267. The Morgan fingerprint density at radius 3 is 2.74 bits per heavy atom. The Bertz CT molecular complexity index is 588. The maximum atomic E-state index is 10.6. The van der Waals surface area contributed by atoms with Gasteiger partial charge in [0.25, 0.3) is 5.69 Å². The summed E-state index contributed by atoms with van der Waals surface area (Å²) in [5, 5.41) is 32.8. The molecule has 5 N–H and O–H groups in total. The lowest BCUT2D eigenvalue weighted by atomic mass is 10.2. The van der Waals surface area contributed by atoms with Gasteiger partial charge < -0.3 is 11.1 Å². The number of nitrogens with one attached hydrogen (secondary N) is 3. The highest BCUT2D eigenvalue weighted by molar-refractivity contribution is 6.45. The van der Waals surface area contributed by atoms with E-state index in [4.69, 9.17) is 16.4 Å². The van der Waals surface area contributed by atoms with Crippen LogP contribution in [0.3, 0.4) is 0 Å². The van der Waals surface area contributed by atoms with Gasteiger partial charge in [0.15, 0.2) is 5.84 Å². The van der Waals surface area contributed by atoms with Crippen molar-refractivity contribution in [2.75, 3.05) is 17.8 Å². The molecule has 1 rings (SSSR count). The summed E-state index contributed by atoms with van der Waals surface area (Å²) >= 11 is 0. The molecule has 0 saturated heterocycles. The van der Waals surface area contributed by atoms with Crippen LogP contribution < -0.4 is 16.5 Å². The molecule has 0 radical (unpaired) electrons. The lowest BCUT2D eigenvalue weighted by Gasteiger charge is -2.08. The topological polar surface area (TPSA) is 153 Å². The summed E-state index contributed by atoms with van der Waals surface area (Å²) < 4.78 is 0. The third-order valence-electron chi connectivity index (χ3n) is 2.13. The van der Waals surface area contributed by atoms with Gasteiger partial charge in [-0.05, 0) is 6.07 Å². The molecule has 0 aliphatic rings. The van der Waals surface area contributed by atoms with Crippen LogP contribution in [0, 0.1) is 26.9 Å². The smallest absolute Gasteiger partial charge is 0.271 e. The van der Waals surface area contributed by atoms with Crippen molar-refractivity contribution in [1.82, 2.24) is 0 Å². The minimum Gasteiger partial charge on any atom is -0.386 e. The Kier molecular flexibility index (Phi) is 4.37. The van der Waals surface area contributed by atoms with Crippen LogP contribution in [0.2, 0.25) is 0 Å². The summed E-state index contributed by atoms with van der Waals surface area (Å²) in [6.45, 7) is 0. The number of nitriles is 1. The van der Waals surface area contributed by atoms with Gasteiger partial charge in [-0.2, -0.15) is 10.4 Å². The average molecular weight is 261 g/mol. The summed E-state index contributed by atoms with van der Waals surface area (Å²) in [7, 11) is 1.59. The van der Waals surface area contributed by atoms with Gasteiger partial charge in [-0.25, -0.2) is 0 Å². The first-order valence-corrected chi connectivity index (χ1v) is 5.04. The maximum Gasteiger partial charge on any atom is 0.271 e. The number of nitrogens with two attached hydrogens (primary N) is 1. The number of non-ortho nitro benzene ring substituents is 1. The molecule has 0 spiro atoms. The van der Waals surface area contributed by atoms with Crippen LogP contribution in [0.15, 0.2) is 23.3 Å². The van der Waals surface area contributed by atoms with E-state index in [-0.39, 0.29) is 11.4 Å². The van der Waals surface area contributed by atoms with Crippen molar-refractivity contribution < 1.29 is 4.92 Å². The van der Waals surface area contributed by atoms with Gasteiger partial charge in [0.2, 0.25) is 5.71 Å². The Morgan fingerprint density at radius 1 is 1.58 bits per heavy atom. The molecule has 1 aromatic rings. The molecule has 9 nitrogen and oxygen atoms in total. The molecule has 0 aliphatic heterocycles. The predicted octanol–water partition coefficient (Wildman–Crippen LogP) is 0.864. The SMILES string of the molecule is CNc1cc([N+](=O)[O-])ccc1N/N=C(\C#N)C(=N)N. The normalized spacial score (nSPS) is 10.4. The van der Waals surface area contributed by atoms with Crippen LogP contribution in [0.4, 0.5) is 17.1 Å². The van der Waals surface area contributed by atoms with E-state index in [1.807, 2.05) is 0 Å². The number of nitro groups is 1. The van der Waals surface area contributed by atoms with Gasteiger partial charge in [-0.15, -0.1) is 0 Å². The molecule has 0 saturated carbocycles. The number of rotatable bonds is 5. The highest BCUT2D eigenvalue weighted by Gasteiger charge is 2.10. The zero-order valence-electron chi connectivity index (χ0n) is 9.97. The molecule has 0 bridgehead atoms. The van der Waals surface area contributed by atoms with Crippen LogP contribution in [0.1, 0.15) is 0 Å². The zero-order chi connectivity index (χ0) is 14.4. The minimum atomic E-state index is -0.524. The summed E-state index contributed by atoms with van der Waals surface area (Å²) in [4.78, 5) is 10.1. The first-order chi connectivity index (χ1) is 8.99. The lowest BCUT2D eigenvalue weighted by Crippen LogP contribution is -2.22. The van der Waals surface area contributed by atoms with Gasteiger partial charge in [0.05, 0.1) is 16.3 Å². The lowest BCUT2D eigenvalue weighted by molar-refractivity contribution is -0.384. The van der Waals surface area contributed by atoms with E-state index in [9.17, 15) is 10.1 Å². The van der Waals surface area contributed by atoms with Gasteiger partial charge in [0, 0.05) is 19.2 Å². The van der Waals surface area contributed by atoms with E-state index in [2.05, 4.69) is 15.8 Å². The van der Waals surface area contributed by atoms with E-state index in [1.165, 1.54) is 18.2 Å². The number of hydrogen-bond donors (Lipinski definition) is 4. The van der Waals surface area contributed by atoms with Crippen molar-refractivity contribution in [3.05, 3.63) is 28.3 Å². The third-order valence-corrected chi connectivity index (χ3v) is 2.13. The molecule has 1 aromatic carbocycles. The molecule has 98 valence electrons. The van der Waals surface area contributed by atoms with Crippen molar-refractivity contribution in [1.29, 1.82) is 10.7 Å². The monoisotopic (exact) mass is 261 g/mol. The van der Waals surface area contributed by atoms with Gasteiger partial charge in [-0.1, -0.05) is 0 Å². The number of benzene rings is 1. The van der Waals surface area contributed by atoms with Crippen molar-refractivity contribution in [3.8, 4) is 6.07 Å². The van der Waals surface area contributed by atoms with E-state index in [0.717, 1.165) is 0 Å². The molecule has 0 heterocycles. The summed E-state index contributed by atoms with van der Waals surface area (Å²) in [5.41, 5.74) is 8.15. The Labute approximate surface area is 108 Å². The zero-order valence-corrected chi connectivity index (χ0v) is 9.97. The number of nitrogens with zero attached hydrogens (tertiary/aromatic N) is 3. The van der Waals surface area contributed by atoms with E-state index < -0.39 is 10.8 Å². The maximum absolute atomic E-state index is 10.6. The van der Waals surface area contributed by atoms with Crippen molar-refractivity contribution in [3.63, 3.8) is 0 Å². The molecular formula is C10H11N7O2. The van der Waals surface area contributed by atoms with Gasteiger partial charge in [-0.3, -0.25) is 20.9 Å². The second kappa shape index (κ2) is 5.97. The molecule has 0 aliphatic carbocycles. The van der Waals surface area contributed by atoms with Gasteiger partial charge >= 0.3 is 0 Å². The van der Waals surface area contributed by atoms with Crippen LogP contribution in [0.5, 0.6) is 0 Å². The number of anilines is 2. The van der Waals surface area contributed by atoms with Gasteiger partial charge in [0.1, 0.15) is 6.07 Å². The number of nitro benzene ring substituents is 1. The van der Waals surface area contributed by atoms with Crippen LogP contribution in [0.25, 0.3) is 0 Å². The molecule has 0 amide bonds. The standard InChI is InChI=1S/C10H11N7O2/c1-14-8-4-6(17(18)19)2-3-7(8)15-16-9(5-11)10(12)13/h2-4,14-15H,1H3,(H3,12,13)/b16-9+. The molecule has 0 aromatic heterocycles. The Hall–Kier alpha value is -3.15. The van der Waals surface area contributed by atoms with Crippen LogP contribution >= 0.6 is 0 Å². The third kappa shape index (κ3) is 3.40. The molecular weight excluding hydrogens is 250 g/mol. The van der Waals surface area contributed by atoms with E-state index in [1.54, 1.807) is 13.1 Å². The fraction of sp³-hybridized carbons (Fsp3) is 0.100. The van der Waals surface area contributed by atoms with Crippen LogP contribution in [-0.4, -0.2) is 23.5 Å². The first-order valence-electron chi connectivity index (χ1n) is 5.04. The molecule has 19 heavy (non-hydrogen) atoms. The van der Waals surface area contributed by atoms with Crippen LogP contribution in [-0.2, 0) is 0 Å². The van der Waals surface area contributed by atoms with E-state index in [0.29, 0.717) is 11.4 Å². The number of hydrazone groups is 1. The second-order valence-corrected chi connectivity index (χ2v) is 3.33. The predicted molar refractivity (Wildman–Crippen MR) is 71.2 cm³/mol. The summed E-state index contributed by atoms with van der Waals surface area (Å²) in [6.07, 6.45) is 0. The van der Waals surface area contributed by atoms with E-state index >= 15 is 0 Å².